The zero-order valence-corrected chi connectivity index (χ0v) is 30.8. The van der Waals surface area contributed by atoms with Crippen molar-refractivity contribution < 1.29 is 4.42 Å². The lowest BCUT2D eigenvalue weighted by Crippen LogP contribution is -2.37. The molecule has 0 saturated carbocycles. The van der Waals surface area contributed by atoms with Crippen LogP contribution in [0.25, 0.3) is 65.8 Å². The molecule has 3 aliphatic rings. The summed E-state index contributed by atoms with van der Waals surface area (Å²) in [4.78, 5) is 7.72. The molecule has 2 aromatic heterocycles. The predicted octanol–water partition coefficient (Wildman–Crippen LogP) is 11.7. The molecule has 8 aromatic rings. The molecular formula is C50H35N3OS. The number of thiophene rings is 1. The number of aliphatic imine (C=N–C) groups is 1. The first-order chi connectivity index (χ1) is 27.3. The molecule has 3 heterocycles. The van der Waals surface area contributed by atoms with Crippen LogP contribution < -0.4 is 20.9 Å². The van der Waals surface area contributed by atoms with E-state index in [4.69, 9.17) is 9.41 Å². The first-order valence-corrected chi connectivity index (χ1v) is 19.7. The smallest absolute Gasteiger partial charge is 0.160 e. The van der Waals surface area contributed by atoms with Crippen LogP contribution in [0.15, 0.2) is 173 Å². The highest BCUT2D eigenvalue weighted by atomic mass is 32.1. The van der Waals surface area contributed by atoms with E-state index in [0.717, 1.165) is 79.7 Å². The van der Waals surface area contributed by atoms with Crippen LogP contribution in [0.1, 0.15) is 24.0 Å². The molecule has 262 valence electrons. The number of fused-ring (bicyclic) bond motifs is 7. The van der Waals surface area contributed by atoms with Gasteiger partial charge in [-0.3, -0.25) is 0 Å². The van der Waals surface area contributed by atoms with Gasteiger partial charge in [0.05, 0.1) is 28.8 Å². The number of rotatable bonds is 6. The van der Waals surface area contributed by atoms with Crippen molar-refractivity contribution in [2.24, 2.45) is 4.99 Å². The topological polar surface area (TPSA) is 40.8 Å². The lowest BCUT2D eigenvalue weighted by atomic mass is 9.94. The van der Waals surface area contributed by atoms with Crippen molar-refractivity contribution in [3.05, 3.63) is 186 Å². The Hall–Kier alpha value is -6.69. The molecule has 2 aliphatic carbocycles. The quantitative estimate of drug-likeness (QED) is 0.186. The van der Waals surface area contributed by atoms with Crippen molar-refractivity contribution in [2.45, 2.75) is 18.9 Å². The molecule has 0 amide bonds. The molecule has 1 N–H and O–H groups in total. The second-order valence-corrected chi connectivity index (χ2v) is 15.3. The van der Waals surface area contributed by atoms with Crippen LogP contribution in [0.4, 0.5) is 17.1 Å². The first-order valence-electron chi connectivity index (χ1n) is 18.9. The van der Waals surface area contributed by atoms with Crippen molar-refractivity contribution in [2.75, 3.05) is 4.90 Å². The third kappa shape index (κ3) is 5.38. The van der Waals surface area contributed by atoms with E-state index in [1.165, 1.54) is 31.3 Å². The van der Waals surface area contributed by atoms with Gasteiger partial charge in [-0.05, 0) is 78.6 Å². The third-order valence-electron chi connectivity index (χ3n) is 10.9. The fraction of sp³-hybridized carbons (Fsp3) is 0.0600. The summed E-state index contributed by atoms with van der Waals surface area (Å²) in [7, 11) is 0. The maximum atomic E-state index is 6.99. The van der Waals surface area contributed by atoms with Gasteiger partial charge in [-0.1, -0.05) is 121 Å². The molecule has 55 heavy (non-hydrogen) atoms. The lowest BCUT2D eigenvalue weighted by molar-refractivity contribution is 0.572. The first kappa shape index (κ1) is 31.8. The molecule has 11 rings (SSSR count). The summed E-state index contributed by atoms with van der Waals surface area (Å²) in [6.07, 6.45) is 15.0. The van der Waals surface area contributed by atoms with Crippen molar-refractivity contribution in [1.82, 2.24) is 5.32 Å². The van der Waals surface area contributed by atoms with Gasteiger partial charge in [-0.15, -0.1) is 11.3 Å². The van der Waals surface area contributed by atoms with Crippen molar-refractivity contribution in [3.63, 3.8) is 0 Å². The van der Waals surface area contributed by atoms with E-state index >= 15 is 0 Å². The van der Waals surface area contributed by atoms with E-state index in [0.29, 0.717) is 0 Å². The zero-order chi connectivity index (χ0) is 36.3. The molecule has 1 atom stereocenters. The van der Waals surface area contributed by atoms with Crippen LogP contribution >= 0.6 is 11.3 Å². The minimum atomic E-state index is -0.0332. The lowest BCUT2D eigenvalue weighted by Gasteiger charge is -2.29. The van der Waals surface area contributed by atoms with E-state index in [9.17, 15) is 0 Å². The number of hydrogen-bond donors (Lipinski definition) is 1. The fourth-order valence-corrected chi connectivity index (χ4v) is 9.44. The van der Waals surface area contributed by atoms with Gasteiger partial charge >= 0.3 is 0 Å². The van der Waals surface area contributed by atoms with Crippen LogP contribution in [0, 0.1) is 0 Å². The van der Waals surface area contributed by atoms with Crippen LogP contribution in [-0.4, -0.2) is 11.8 Å². The van der Waals surface area contributed by atoms with Crippen LogP contribution in [0.2, 0.25) is 0 Å². The second kappa shape index (κ2) is 13.0. The molecular weight excluding hydrogens is 691 g/mol. The van der Waals surface area contributed by atoms with E-state index in [2.05, 4.69) is 186 Å². The molecule has 1 aliphatic heterocycles. The summed E-state index contributed by atoms with van der Waals surface area (Å²) in [5.41, 5.74) is 12.4. The van der Waals surface area contributed by atoms with Gasteiger partial charge in [-0.25, -0.2) is 4.99 Å². The van der Waals surface area contributed by atoms with Crippen LogP contribution in [0.3, 0.4) is 0 Å². The number of anilines is 3. The molecule has 0 bridgehead atoms. The highest BCUT2D eigenvalue weighted by Crippen LogP contribution is 2.44. The maximum Gasteiger partial charge on any atom is 0.160 e. The largest absolute Gasteiger partial charge is 0.454 e. The van der Waals surface area contributed by atoms with Crippen molar-refractivity contribution in [1.29, 1.82) is 0 Å². The van der Waals surface area contributed by atoms with Gasteiger partial charge in [0, 0.05) is 53.3 Å². The number of nitrogens with zero attached hydrogens (tertiary/aromatic N) is 2. The van der Waals surface area contributed by atoms with Crippen LogP contribution in [0.5, 0.6) is 0 Å². The monoisotopic (exact) mass is 725 g/mol. The van der Waals surface area contributed by atoms with Gasteiger partial charge in [-0.2, -0.15) is 0 Å². The summed E-state index contributed by atoms with van der Waals surface area (Å²) in [5, 5.41) is 8.75. The Bertz CT molecular complexity index is 3060. The molecule has 1 unspecified atom stereocenters. The minimum Gasteiger partial charge on any atom is -0.454 e. The average molecular weight is 726 g/mol. The fourth-order valence-electron chi connectivity index (χ4n) is 8.30. The molecule has 5 heteroatoms. The van der Waals surface area contributed by atoms with E-state index in [1.54, 1.807) is 0 Å². The Morgan fingerprint density at radius 3 is 2.27 bits per heavy atom. The van der Waals surface area contributed by atoms with E-state index < -0.39 is 0 Å². The summed E-state index contributed by atoms with van der Waals surface area (Å²) in [6.45, 7) is 0. The highest BCUT2D eigenvalue weighted by Gasteiger charge is 2.28. The second-order valence-electron chi connectivity index (χ2n) is 14.2. The summed E-state index contributed by atoms with van der Waals surface area (Å²) >= 11 is 1.84. The molecule has 0 saturated heterocycles. The number of hydrogen-bond acceptors (Lipinski definition) is 5. The minimum absolute atomic E-state index is 0.0332. The SMILES string of the molecule is C1=CC2=NC(c3ccc(-c4ccccc4)cc3)=C(c3ccc(N(c4ccccc4)c4ccc5c(c4)sc4ccccc45)c4oc5c(c34)=CCCC=5)NC2C=C1. The summed E-state index contributed by atoms with van der Waals surface area (Å²) < 4.78 is 9.54. The predicted molar refractivity (Wildman–Crippen MR) is 233 cm³/mol. The van der Waals surface area contributed by atoms with Crippen molar-refractivity contribution in [3.8, 4) is 11.1 Å². The zero-order valence-electron chi connectivity index (χ0n) is 29.9. The Balaban J connectivity index is 1.14. The van der Waals surface area contributed by atoms with Crippen LogP contribution in [-0.2, 0) is 0 Å². The maximum absolute atomic E-state index is 6.99. The van der Waals surface area contributed by atoms with Gasteiger partial charge in [0.25, 0.3) is 0 Å². The van der Waals surface area contributed by atoms with Gasteiger partial charge in [0.15, 0.2) is 5.58 Å². The molecule has 0 spiro atoms. The molecule has 0 radical (unpaired) electrons. The Kier molecular flexibility index (Phi) is 7.52. The number of furan rings is 1. The Morgan fingerprint density at radius 2 is 1.40 bits per heavy atom. The highest BCUT2D eigenvalue weighted by molar-refractivity contribution is 7.25. The number of benzene rings is 6. The number of para-hydroxylation sites is 1. The number of allylic oxidation sites excluding steroid dienone is 2. The summed E-state index contributed by atoms with van der Waals surface area (Å²) in [5.74, 6) is 0. The third-order valence-corrected chi connectivity index (χ3v) is 12.1. The molecule has 4 nitrogen and oxygen atoms in total. The number of nitrogens with one attached hydrogen (secondary N) is 1. The van der Waals surface area contributed by atoms with Crippen molar-refractivity contribution >= 4 is 88.8 Å². The Labute approximate surface area is 322 Å². The molecule has 6 aromatic carbocycles. The summed E-state index contributed by atoms with van der Waals surface area (Å²) in [6, 6.07) is 50.0. The average Bonchev–Trinajstić information content (AvgIpc) is 3.83. The normalized spacial score (nSPS) is 16.0. The van der Waals surface area contributed by atoms with Gasteiger partial charge in [0.1, 0.15) is 5.42 Å². The standard InChI is InChI=1S/C50H35N3OS/c1-3-13-32(14-4-1)33-23-25-34(26-24-33)48-49(52-42-20-10-9-19-41(42)51-48)40-29-30-43(50-47(40)39-18-7-11-21-44(39)54-50)53(35-15-5-2-6-16-35)36-27-28-38-37-17-8-12-22-45(37)55-46(38)31-36/h1-6,8-10,12-31,42,52H,7,11H2. The van der Waals surface area contributed by atoms with E-state index in [-0.39, 0.29) is 6.04 Å². The molecule has 0 fully saturated rings. The van der Waals surface area contributed by atoms with Gasteiger partial charge < -0.3 is 14.6 Å². The van der Waals surface area contributed by atoms with Gasteiger partial charge in [0.2, 0.25) is 0 Å². The van der Waals surface area contributed by atoms with E-state index in [1.807, 2.05) is 11.3 Å². The Morgan fingerprint density at radius 1 is 0.655 bits per heavy atom.